The van der Waals surface area contributed by atoms with Gasteiger partial charge < -0.3 is 4.98 Å². The van der Waals surface area contributed by atoms with Gasteiger partial charge in [0.2, 0.25) is 6.71 Å². The number of imidazole rings is 1. The minimum absolute atomic E-state index is 0.182. The summed E-state index contributed by atoms with van der Waals surface area (Å²) in [7, 11) is 0. The second-order valence-corrected chi connectivity index (χ2v) is 7.85. The second kappa shape index (κ2) is 11.0. The molecular weight excluding hydrogens is 399 g/mol. The van der Waals surface area contributed by atoms with E-state index in [0.29, 0.717) is 0 Å². The fourth-order valence-corrected chi connectivity index (χ4v) is 4.01. The van der Waals surface area contributed by atoms with Gasteiger partial charge in [-0.1, -0.05) is 132 Å². The lowest BCUT2D eigenvalue weighted by Gasteiger charge is -2.20. The largest absolute Gasteiger partial charge is 0.349 e. The molecular formula is C30H27BN2. The average molecular weight is 426 g/mol. The highest BCUT2D eigenvalue weighted by molar-refractivity contribution is 6.96. The minimum atomic E-state index is 0.182. The standard InChI is InChI=1S/C26H21B.C4H6N2/c1-2-21-18-19-26(25(20-21)22-12-6-3-7-13-22)27(23-14-8-4-9-15-23)24-16-10-5-11-17-24;1-4-5-2-3-6-4/h2-20H,1H2;2-3H,1H3,(H,5,6). The molecule has 0 atom stereocenters. The zero-order valence-electron chi connectivity index (χ0n) is 18.9. The first kappa shape index (κ1) is 22.1. The molecule has 1 heterocycles. The second-order valence-electron chi connectivity index (χ2n) is 7.85. The Labute approximate surface area is 196 Å². The van der Waals surface area contributed by atoms with Gasteiger partial charge in [0.15, 0.2) is 0 Å². The molecule has 0 spiro atoms. The molecule has 2 nitrogen and oxygen atoms in total. The van der Waals surface area contributed by atoms with Gasteiger partial charge in [-0.15, -0.1) is 0 Å². The molecule has 0 aliphatic carbocycles. The molecule has 1 aromatic heterocycles. The van der Waals surface area contributed by atoms with E-state index in [1.807, 2.05) is 13.0 Å². The summed E-state index contributed by atoms with van der Waals surface area (Å²) in [6, 6.07) is 38.8. The molecule has 0 unspecified atom stereocenters. The highest BCUT2D eigenvalue weighted by Crippen LogP contribution is 2.20. The van der Waals surface area contributed by atoms with E-state index in [1.165, 1.54) is 27.5 Å². The topological polar surface area (TPSA) is 28.7 Å². The number of hydrogen-bond acceptors (Lipinski definition) is 1. The van der Waals surface area contributed by atoms with E-state index < -0.39 is 0 Å². The smallest absolute Gasteiger partial charge is 0.241 e. The van der Waals surface area contributed by atoms with Crippen LogP contribution >= 0.6 is 0 Å². The van der Waals surface area contributed by atoms with Crippen molar-refractivity contribution in [3.63, 3.8) is 0 Å². The molecule has 0 aliphatic heterocycles. The molecule has 0 fully saturated rings. The van der Waals surface area contributed by atoms with Crippen molar-refractivity contribution in [2.75, 3.05) is 0 Å². The van der Waals surface area contributed by atoms with Crippen molar-refractivity contribution in [2.45, 2.75) is 6.92 Å². The van der Waals surface area contributed by atoms with Crippen molar-refractivity contribution in [1.82, 2.24) is 9.97 Å². The molecule has 4 aromatic carbocycles. The highest BCUT2D eigenvalue weighted by atomic mass is 14.9. The Balaban J connectivity index is 0.000000376. The van der Waals surface area contributed by atoms with Gasteiger partial charge in [0, 0.05) is 12.4 Å². The van der Waals surface area contributed by atoms with Gasteiger partial charge in [-0.25, -0.2) is 4.98 Å². The Kier molecular flexibility index (Phi) is 7.34. The van der Waals surface area contributed by atoms with Crippen LogP contribution in [-0.2, 0) is 0 Å². The quantitative estimate of drug-likeness (QED) is 0.383. The summed E-state index contributed by atoms with van der Waals surface area (Å²) in [5.41, 5.74) is 7.53. The summed E-state index contributed by atoms with van der Waals surface area (Å²) in [5, 5.41) is 0. The van der Waals surface area contributed by atoms with Crippen molar-refractivity contribution in [3.8, 4) is 11.1 Å². The number of aromatic amines is 1. The lowest BCUT2D eigenvalue weighted by Crippen LogP contribution is -2.52. The third-order valence-corrected chi connectivity index (χ3v) is 5.61. The molecule has 0 saturated heterocycles. The number of aryl methyl sites for hydroxylation is 1. The van der Waals surface area contributed by atoms with Crippen molar-refractivity contribution in [2.24, 2.45) is 0 Å². The van der Waals surface area contributed by atoms with Crippen molar-refractivity contribution in [3.05, 3.63) is 140 Å². The predicted octanol–water partition coefficient (Wildman–Crippen LogP) is 5.23. The lowest BCUT2D eigenvalue weighted by molar-refractivity contribution is 1.15. The first-order valence-electron chi connectivity index (χ1n) is 11.1. The molecule has 33 heavy (non-hydrogen) atoms. The molecule has 0 radical (unpaired) electrons. The third-order valence-electron chi connectivity index (χ3n) is 5.61. The monoisotopic (exact) mass is 426 g/mol. The summed E-state index contributed by atoms with van der Waals surface area (Å²) < 4.78 is 0. The maximum Gasteiger partial charge on any atom is 0.241 e. The van der Waals surface area contributed by atoms with Gasteiger partial charge in [-0.05, 0) is 29.7 Å². The minimum Gasteiger partial charge on any atom is -0.349 e. The van der Waals surface area contributed by atoms with Crippen molar-refractivity contribution in [1.29, 1.82) is 0 Å². The Morgan fingerprint density at radius 1 is 0.758 bits per heavy atom. The fraction of sp³-hybridized carbons (Fsp3) is 0.0333. The maximum absolute atomic E-state index is 3.96. The predicted molar refractivity (Wildman–Crippen MR) is 143 cm³/mol. The normalized spacial score (nSPS) is 10.1. The summed E-state index contributed by atoms with van der Waals surface area (Å²) in [6.45, 7) is 6.06. The van der Waals surface area contributed by atoms with Gasteiger partial charge in [-0.3, -0.25) is 0 Å². The van der Waals surface area contributed by atoms with Crippen LogP contribution < -0.4 is 16.4 Å². The number of nitrogens with zero attached hydrogens (tertiary/aromatic N) is 1. The molecule has 0 aliphatic rings. The van der Waals surface area contributed by atoms with Crippen LogP contribution in [0.15, 0.2) is 128 Å². The zero-order valence-corrected chi connectivity index (χ0v) is 18.9. The number of aromatic nitrogens is 2. The summed E-state index contributed by atoms with van der Waals surface area (Å²) >= 11 is 0. The zero-order chi connectivity index (χ0) is 22.9. The van der Waals surface area contributed by atoms with Gasteiger partial charge >= 0.3 is 0 Å². The molecule has 3 heteroatoms. The molecule has 1 N–H and O–H groups in total. The Hall–Kier alpha value is -4.11. The van der Waals surface area contributed by atoms with Crippen LogP contribution in [0.4, 0.5) is 0 Å². The third kappa shape index (κ3) is 5.58. The SMILES string of the molecule is C=Cc1ccc(B(c2ccccc2)c2ccccc2)c(-c2ccccc2)c1.Cc1ncc[nH]1. The fourth-order valence-electron chi connectivity index (χ4n) is 4.01. The van der Waals surface area contributed by atoms with E-state index in [4.69, 9.17) is 0 Å². The number of H-pyrrole nitrogens is 1. The van der Waals surface area contributed by atoms with E-state index in [2.05, 4.69) is 126 Å². The molecule has 0 bridgehead atoms. The van der Waals surface area contributed by atoms with Gasteiger partial charge in [-0.2, -0.15) is 0 Å². The summed E-state index contributed by atoms with van der Waals surface area (Å²) in [6.07, 6.45) is 5.45. The first-order valence-corrected chi connectivity index (χ1v) is 11.1. The lowest BCUT2D eigenvalue weighted by atomic mass is 9.36. The van der Waals surface area contributed by atoms with E-state index in [1.54, 1.807) is 12.4 Å². The molecule has 5 rings (SSSR count). The van der Waals surface area contributed by atoms with E-state index in [9.17, 15) is 0 Å². The molecule has 5 aromatic rings. The van der Waals surface area contributed by atoms with Crippen LogP contribution in [0.2, 0.25) is 0 Å². The number of nitrogens with one attached hydrogen (secondary N) is 1. The van der Waals surface area contributed by atoms with Crippen LogP contribution in [0, 0.1) is 6.92 Å². The van der Waals surface area contributed by atoms with E-state index >= 15 is 0 Å². The summed E-state index contributed by atoms with van der Waals surface area (Å²) in [5.74, 6) is 0.968. The molecule has 160 valence electrons. The van der Waals surface area contributed by atoms with E-state index in [0.717, 1.165) is 11.4 Å². The van der Waals surface area contributed by atoms with Crippen LogP contribution in [0.5, 0.6) is 0 Å². The average Bonchev–Trinajstić information content (AvgIpc) is 3.37. The molecule has 0 amide bonds. The number of rotatable bonds is 5. The Morgan fingerprint density at radius 2 is 1.33 bits per heavy atom. The number of hydrogen-bond donors (Lipinski definition) is 1. The summed E-state index contributed by atoms with van der Waals surface area (Å²) in [4.78, 5) is 6.75. The van der Waals surface area contributed by atoms with Crippen LogP contribution in [-0.4, -0.2) is 16.7 Å². The van der Waals surface area contributed by atoms with E-state index in [-0.39, 0.29) is 6.71 Å². The Morgan fingerprint density at radius 3 is 1.79 bits per heavy atom. The van der Waals surface area contributed by atoms with Crippen molar-refractivity contribution >= 4 is 29.2 Å². The van der Waals surface area contributed by atoms with Gasteiger partial charge in [0.1, 0.15) is 5.82 Å². The maximum atomic E-state index is 3.96. The van der Waals surface area contributed by atoms with Crippen LogP contribution in [0.25, 0.3) is 17.2 Å². The first-order chi connectivity index (χ1) is 16.3. The van der Waals surface area contributed by atoms with Gasteiger partial charge in [0.25, 0.3) is 0 Å². The van der Waals surface area contributed by atoms with Crippen LogP contribution in [0.1, 0.15) is 11.4 Å². The molecule has 0 saturated carbocycles. The Bertz CT molecular complexity index is 1230. The van der Waals surface area contributed by atoms with Crippen molar-refractivity contribution < 1.29 is 0 Å². The highest BCUT2D eigenvalue weighted by Gasteiger charge is 2.24. The van der Waals surface area contributed by atoms with Crippen LogP contribution in [0.3, 0.4) is 0 Å². The van der Waals surface area contributed by atoms with Gasteiger partial charge in [0.05, 0.1) is 0 Å². The number of benzene rings is 4.